The summed E-state index contributed by atoms with van der Waals surface area (Å²) in [5.74, 6) is 6.49. The van der Waals surface area contributed by atoms with Gasteiger partial charge < -0.3 is 9.47 Å². The number of alkyl halides is 1. The second-order valence-electron chi connectivity index (χ2n) is 5.68. The van der Waals surface area contributed by atoms with Crippen LogP contribution in [-0.4, -0.2) is 24.8 Å². The van der Waals surface area contributed by atoms with Crippen LogP contribution in [0, 0.1) is 11.8 Å². The molecule has 2 nitrogen and oxygen atoms in total. The average Bonchev–Trinajstić information content (AvgIpc) is 2.53. The highest BCUT2D eigenvalue weighted by molar-refractivity contribution is 9.09. The largest absolute Gasteiger partial charge is 0.353 e. The summed E-state index contributed by atoms with van der Waals surface area (Å²) in [5, 5.41) is 1.07. The monoisotopic (exact) mass is 358 g/mol. The minimum absolute atomic E-state index is 0.0851. The Morgan fingerprint density at radius 1 is 0.905 bits per heavy atom. The van der Waals surface area contributed by atoms with E-state index < -0.39 is 0 Å². The van der Waals surface area contributed by atoms with Crippen LogP contribution in [0.5, 0.6) is 0 Å². The summed E-state index contributed by atoms with van der Waals surface area (Å²) in [5.41, 5.74) is 0. The van der Waals surface area contributed by atoms with Crippen molar-refractivity contribution in [3.63, 3.8) is 0 Å². The second kappa shape index (κ2) is 14.9. The highest BCUT2D eigenvalue weighted by Gasteiger charge is 2.13. The van der Waals surface area contributed by atoms with E-state index in [1.165, 1.54) is 57.8 Å². The predicted molar refractivity (Wildman–Crippen MR) is 92.7 cm³/mol. The predicted octanol–water partition coefficient (Wildman–Crippen LogP) is 5.44. The van der Waals surface area contributed by atoms with Gasteiger partial charge in [0.05, 0.1) is 0 Å². The van der Waals surface area contributed by atoms with Gasteiger partial charge in [0.15, 0.2) is 6.29 Å². The summed E-state index contributed by atoms with van der Waals surface area (Å²) in [6.45, 7) is 1.74. The lowest BCUT2D eigenvalue weighted by Crippen LogP contribution is -2.22. The SMILES string of the molecule is BrCCCC#CCCCCCCCCOC1CCCCO1. The lowest BCUT2D eigenvalue weighted by atomic mass is 10.1. The maximum Gasteiger partial charge on any atom is 0.157 e. The molecule has 1 atom stereocenters. The zero-order chi connectivity index (χ0) is 15.0. The standard InChI is InChI=1S/C18H31BrO2/c19-15-11-8-6-4-2-1-3-5-7-9-12-16-20-18-14-10-13-17-21-18/h18H,1-3,5,7-17H2. The van der Waals surface area contributed by atoms with E-state index in [1.54, 1.807) is 0 Å². The molecule has 0 N–H and O–H groups in total. The molecule has 0 aliphatic carbocycles. The molecule has 0 saturated carbocycles. The van der Waals surface area contributed by atoms with Gasteiger partial charge in [-0.2, -0.15) is 0 Å². The molecule has 122 valence electrons. The van der Waals surface area contributed by atoms with Crippen molar-refractivity contribution in [1.82, 2.24) is 0 Å². The van der Waals surface area contributed by atoms with E-state index in [1.807, 2.05) is 0 Å². The molecule has 1 saturated heterocycles. The molecule has 0 aromatic carbocycles. The van der Waals surface area contributed by atoms with Crippen molar-refractivity contribution in [3.05, 3.63) is 0 Å². The molecule has 0 aromatic rings. The van der Waals surface area contributed by atoms with Crippen molar-refractivity contribution in [2.24, 2.45) is 0 Å². The molecule has 1 heterocycles. The van der Waals surface area contributed by atoms with Crippen molar-refractivity contribution in [2.75, 3.05) is 18.5 Å². The molecule has 0 spiro atoms. The Labute approximate surface area is 139 Å². The molecule has 3 heteroatoms. The third-order valence-electron chi connectivity index (χ3n) is 3.70. The van der Waals surface area contributed by atoms with Gasteiger partial charge in [-0.25, -0.2) is 0 Å². The van der Waals surface area contributed by atoms with E-state index in [0.29, 0.717) is 0 Å². The fourth-order valence-corrected chi connectivity index (χ4v) is 2.69. The molecule has 21 heavy (non-hydrogen) atoms. The Morgan fingerprint density at radius 2 is 1.62 bits per heavy atom. The first-order valence-electron chi connectivity index (χ1n) is 8.68. The summed E-state index contributed by atoms with van der Waals surface area (Å²) < 4.78 is 11.3. The smallest absolute Gasteiger partial charge is 0.157 e. The van der Waals surface area contributed by atoms with Crippen LogP contribution >= 0.6 is 15.9 Å². The van der Waals surface area contributed by atoms with Crippen LogP contribution in [0.2, 0.25) is 0 Å². The van der Waals surface area contributed by atoms with Gasteiger partial charge in [0, 0.05) is 31.4 Å². The molecule has 1 unspecified atom stereocenters. The number of halogens is 1. The van der Waals surface area contributed by atoms with Crippen LogP contribution < -0.4 is 0 Å². The molecule has 0 amide bonds. The van der Waals surface area contributed by atoms with Crippen LogP contribution in [0.4, 0.5) is 0 Å². The van der Waals surface area contributed by atoms with Gasteiger partial charge in [0.25, 0.3) is 0 Å². The zero-order valence-corrected chi connectivity index (χ0v) is 15.0. The summed E-state index contributed by atoms with van der Waals surface area (Å²) >= 11 is 3.42. The highest BCUT2D eigenvalue weighted by Crippen LogP contribution is 2.14. The first-order chi connectivity index (χ1) is 10.4. The van der Waals surface area contributed by atoms with Gasteiger partial charge in [0.2, 0.25) is 0 Å². The Hall–Kier alpha value is -0.0400. The Balaban J connectivity index is 1.75. The fraction of sp³-hybridized carbons (Fsp3) is 0.889. The summed E-state index contributed by atoms with van der Waals surface area (Å²) in [4.78, 5) is 0. The number of rotatable bonds is 11. The average molecular weight is 359 g/mol. The normalized spacial score (nSPS) is 18.2. The van der Waals surface area contributed by atoms with Crippen molar-refractivity contribution in [3.8, 4) is 11.8 Å². The minimum Gasteiger partial charge on any atom is -0.353 e. The van der Waals surface area contributed by atoms with E-state index in [2.05, 4.69) is 27.8 Å². The van der Waals surface area contributed by atoms with Crippen molar-refractivity contribution < 1.29 is 9.47 Å². The van der Waals surface area contributed by atoms with Crippen molar-refractivity contribution in [2.45, 2.75) is 83.3 Å². The number of hydrogen-bond donors (Lipinski definition) is 0. The van der Waals surface area contributed by atoms with Gasteiger partial charge in [-0.1, -0.05) is 41.6 Å². The molecular formula is C18H31BrO2. The lowest BCUT2D eigenvalue weighted by Gasteiger charge is -2.22. The van der Waals surface area contributed by atoms with Gasteiger partial charge >= 0.3 is 0 Å². The maximum atomic E-state index is 5.73. The summed E-state index contributed by atoms with van der Waals surface area (Å²) in [6, 6.07) is 0. The third-order valence-corrected chi connectivity index (χ3v) is 4.26. The Morgan fingerprint density at radius 3 is 2.33 bits per heavy atom. The van der Waals surface area contributed by atoms with E-state index in [9.17, 15) is 0 Å². The van der Waals surface area contributed by atoms with E-state index in [4.69, 9.17) is 9.47 Å². The van der Waals surface area contributed by atoms with E-state index >= 15 is 0 Å². The quantitative estimate of drug-likeness (QED) is 0.278. The van der Waals surface area contributed by atoms with Gasteiger partial charge in [-0.3, -0.25) is 0 Å². The number of ether oxygens (including phenoxy) is 2. The minimum atomic E-state index is 0.0851. The molecule has 1 rings (SSSR count). The van der Waals surface area contributed by atoms with Gasteiger partial charge in [-0.15, -0.1) is 11.8 Å². The molecule has 0 aromatic heterocycles. The molecule has 1 aliphatic rings. The molecule has 1 fully saturated rings. The summed E-state index contributed by atoms with van der Waals surface area (Å²) in [6.07, 6.45) is 14.6. The molecular weight excluding hydrogens is 328 g/mol. The van der Waals surface area contributed by atoms with Crippen LogP contribution in [0.3, 0.4) is 0 Å². The van der Waals surface area contributed by atoms with Crippen molar-refractivity contribution in [1.29, 1.82) is 0 Å². The zero-order valence-electron chi connectivity index (χ0n) is 13.4. The van der Waals surface area contributed by atoms with Gasteiger partial charge in [0.1, 0.15) is 0 Å². The molecule has 0 radical (unpaired) electrons. The van der Waals surface area contributed by atoms with E-state index in [-0.39, 0.29) is 6.29 Å². The third kappa shape index (κ3) is 12.2. The molecule has 1 aliphatic heterocycles. The van der Waals surface area contributed by atoms with Crippen LogP contribution in [-0.2, 0) is 9.47 Å². The van der Waals surface area contributed by atoms with Crippen LogP contribution in [0.1, 0.15) is 77.0 Å². The highest BCUT2D eigenvalue weighted by atomic mass is 79.9. The Kier molecular flexibility index (Phi) is 13.5. The Bertz CT molecular complexity index is 277. The second-order valence-corrected chi connectivity index (χ2v) is 6.48. The fourth-order valence-electron chi connectivity index (χ4n) is 2.41. The number of hydrogen-bond acceptors (Lipinski definition) is 2. The first-order valence-corrected chi connectivity index (χ1v) is 9.80. The van der Waals surface area contributed by atoms with E-state index in [0.717, 1.165) is 37.8 Å². The molecule has 0 bridgehead atoms. The van der Waals surface area contributed by atoms with Crippen molar-refractivity contribution >= 4 is 15.9 Å². The summed E-state index contributed by atoms with van der Waals surface area (Å²) in [7, 11) is 0. The van der Waals surface area contributed by atoms with Gasteiger partial charge in [-0.05, 0) is 38.5 Å². The first kappa shape index (κ1) is 19.0. The topological polar surface area (TPSA) is 18.5 Å². The maximum absolute atomic E-state index is 5.73. The number of unbranched alkanes of at least 4 members (excludes halogenated alkanes) is 7. The van der Waals surface area contributed by atoms with Crippen LogP contribution in [0.25, 0.3) is 0 Å². The lowest BCUT2D eigenvalue weighted by molar-refractivity contribution is -0.162. The van der Waals surface area contributed by atoms with Crippen LogP contribution in [0.15, 0.2) is 0 Å².